The van der Waals surface area contributed by atoms with Gasteiger partial charge in [0.25, 0.3) is 0 Å². The maximum atomic E-state index is 5.87. The van der Waals surface area contributed by atoms with Crippen LogP contribution in [0.1, 0.15) is 18.7 Å². The van der Waals surface area contributed by atoms with Gasteiger partial charge in [0.1, 0.15) is 11.6 Å². The molecule has 13 heavy (non-hydrogen) atoms. The van der Waals surface area contributed by atoms with Gasteiger partial charge in [-0.25, -0.2) is 9.97 Å². The van der Waals surface area contributed by atoms with Gasteiger partial charge in [0.15, 0.2) is 0 Å². The molecule has 0 aliphatic heterocycles. The highest BCUT2D eigenvalue weighted by Crippen LogP contribution is 2.27. The van der Waals surface area contributed by atoms with E-state index in [4.69, 9.17) is 11.6 Å². The zero-order valence-corrected chi connectivity index (χ0v) is 8.25. The first-order valence-corrected chi connectivity index (χ1v) is 4.88. The van der Waals surface area contributed by atoms with Crippen molar-refractivity contribution in [2.75, 3.05) is 5.32 Å². The van der Waals surface area contributed by atoms with E-state index in [9.17, 15) is 0 Å². The van der Waals surface area contributed by atoms with Gasteiger partial charge in [-0.3, -0.25) is 0 Å². The Hall–Kier alpha value is -0.830. The normalized spacial score (nSPS) is 26.6. The first-order chi connectivity index (χ1) is 6.24. The number of halogens is 1. The number of nitrogens with one attached hydrogen (secondary N) is 1. The molecule has 3 nitrogen and oxygen atoms in total. The largest absolute Gasteiger partial charge is 0.367 e. The molecule has 2 rings (SSSR count). The molecule has 1 fully saturated rings. The van der Waals surface area contributed by atoms with E-state index in [1.54, 1.807) is 6.20 Å². The lowest BCUT2D eigenvalue weighted by Gasteiger charge is -2.31. The number of alkyl halides is 1. The number of hydrogen-bond donors (Lipinski definition) is 1. The number of rotatable bonds is 2. The van der Waals surface area contributed by atoms with E-state index < -0.39 is 0 Å². The summed E-state index contributed by atoms with van der Waals surface area (Å²) in [6.45, 7) is 1.89. The first kappa shape index (κ1) is 8.75. The predicted molar refractivity (Wildman–Crippen MR) is 53.1 cm³/mol. The molecule has 0 atom stereocenters. The summed E-state index contributed by atoms with van der Waals surface area (Å²) < 4.78 is 0. The average Bonchev–Trinajstić information content (AvgIpc) is 2.01. The third kappa shape index (κ3) is 2.10. The topological polar surface area (TPSA) is 37.8 Å². The molecular formula is C9H12ClN3. The molecule has 1 aromatic heterocycles. The summed E-state index contributed by atoms with van der Waals surface area (Å²) in [5.74, 6) is 1.70. The van der Waals surface area contributed by atoms with Gasteiger partial charge in [-0.1, -0.05) is 0 Å². The number of nitrogens with zero attached hydrogens (tertiary/aromatic N) is 2. The minimum absolute atomic E-state index is 0.348. The van der Waals surface area contributed by atoms with Crippen LogP contribution < -0.4 is 5.32 Å². The van der Waals surface area contributed by atoms with Crippen molar-refractivity contribution < 1.29 is 0 Å². The number of aromatic nitrogens is 2. The van der Waals surface area contributed by atoms with E-state index >= 15 is 0 Å². The van der Waals surface area contributed by atoms with Crippen molar-refractivity contribution in [3.63, 3.8) is 0 Å². The van der Waals surface area contributed by atoms with Crippen LogP contribution >= 0.6 is 11.6 Å². The van der Waals surface area contributed by atoms with Crippen molar-refractivity contribution in [1.29, 1.82) is 0 Å². The molecule has 1 aliphatic rings. The molecule has 1 aromatic rings. The zero-order valence-electron chi connectivity index (χ0n) is 7.50. The Labute approximate surface area is 82.5 Å². The van der Waals surface area contributed by atoms with Crippen molar-refractivity contribution in [1.82, 2.24) is 9.97 Å². The fraction of sp³-hybridized carbons (Fsp3) is 0.556. The molecule has 0 spiro atoms. The fourth-order valence-corrected chi connectivity index (χ4v) is 1.84. The van der Waals surface area contributed by atoms with Gasteiger partial charge in [0, 0.05) is 17.6 Å². The maximum Gasteiger partial charge on any atom is 0.129 e. The Morgan fingerprint density at radius 2 is 2.31 bits per heavy atom. The van der Waals surface area contributed by atoms with Crippen molar-refractivity contribution >= 4 is 17.4 Å². The van der Waals surface area contributed by atoms with Gasteiger partial charge in [-0.15, -0.1) is 11.6 Å². The summed E-state index contributed by atoms with van der Waals surface area (Å²) in [5, 5.41) is 3.66. The molecule has 4 heteroatoms. The van der Waals surface area contributed by atoms with Crippen LogP contribution in [0.4, 0.5) is 5.82 Å². The van der Waals surface area contributed by atoms with Crippen LogP contribution in [0, 0.1) is 6.92 Å². The van der Waals surface area contributed by atoms with Crippen LogP contribution in [-0.4, -0.2) is 21.4 Å². The Balaban J connectivity index is 1.94. The molecule has 0 aromatic carbocycles. The van der Waals surface area contributed by atoms with Crippen LogP contribution in [0.2, 0.25) is 0 Å². The molecule has 1 saturated carbocycles. The summed E-state index contributed by atoms with van der Waals surface area (Å²) in [6.07, 6.45) is 3.83. The second kappa shape index (κ2) is 3.50. The number of aryl methyl sites for hydroxylation is 1. The van der Waals surface area contributed by atoms with E-state index in [1.165, 1.54) is 0 Å². The highest BCUT2D eigenvalue weighted by atomic mass is 35.5. The van der Waals surface area contributed by atoms with E-state index in [-0.39, 0.29) is 0 Å². The molecule has 0 amide bonds. The molecule has 0 saturated heterocycles. The standard InChI is InChI=1S/C9H12ClN3/c1-6-11-3-2-9(12-6)13-8-4-7(10)5-8/h2-3,7-8H,4-5H2,1H3,(H,11,12,13). The van der Waals surface area contributed by atoms with Gasteiger partial charge >= 0.3 is 0 Å². The first-order valence-electron chi connectivity index (χ1n) is 4.44. The van der Waals surface area contributed by atoms with Crippen molar-refractivity contribution in [2.45, 2.75) is 31.2 Å². The summed E-state index contributed by atoms with van der Waals surface area (Å²) in [4.78, 5) is 8.28. The van der Waals surface area contributed by atoms with Gasteiger partial charge in [-0.05, 0) is 25.8 Å². The van der Waals surface area contributed by atoms with Crippen LogP contribution in [0.25, 0.3) is 0 Å². The van der Waals surface area contributed by atoms with Gasteiger partial charge in [0.05, 0.1) is 0 Å². The summed E-state index contributed by atoms with van der Waals surface area (Å²) in [7, 11) is 0. The fourth-order valence-electron chi connectivity index (χ4n) is 1.41. The zero-order chi connectivity index (χ0) is 9.26. The minimum atomic E-state index is 0.348. The summed E-state index contributed by atoms with van der Waals surface area (Å²) >= 11 is 5.87. The number of hydrogen-bond acceptors (Lipinski definition) is 3. The van der Waals surface area contributed by atoms with Crippen LogP contribution in [-0.2, 0) is 0 Å². The second-order valence-electron chi connectivity index (χ2n) is 3.40. The average molecular weight is 198 g/mol. The van der Waals surface area contributed by atoms with Crippen molar-refractivity contribution in [3.05, 3.63) is 18.1 Å². The third-order valence-electron chi connectivity index (χ3n) is 2.21. The van der Waals surface area contributed by atoms with Gasteiger partial charge in [0.2, 0.25) is 0 Å². The minimum Gasteiger partial charge on any atom is -0.367 e. The Bertz CT molecular complexity index is 297. The van der Waals surface area contributed by atoms with Crippen LogP contribution in [0.15, 0.2) is 12.3 Å². The Morgan fingerprint density at radius 3 is 2.92 bits per heavy atom. The molecule has 0 unspecified atom stereocenters. The Morgan fingerprint density at radius 1 is 1.54 bits per heavy atom. The molecule has 1 aliphatic carbocycles. The molecule has 70 valence electrons. The van der Waals surface area contributed by atoms with Crippen LogP contribution in [0.5, 0.6) is 0 Å². The second-order valence-corrected chi connectivity index (χ2v) is 4.02. The SMILES string of the molecule is Cc1nccc(NC2CC(Cl)C2)n1. The highest BCUT2D eigenvalue weighted by molar-refractivity contribution is 6.21. The van der Waals surface area contributed by atoms with E-state index in [0.29, 0.717) is 11.4 Å². The monoisotopic (exact) mass is 197 g/mol. The van der Waals surface area contributed by atoms with E-state index in [2.05, 4.69) is 15.3 Å². The highest BCUT2D eigenvalue weighted by Gasteiger charge is 2.27. The van der Waals surface area contributed by atoms with E-state index in [0.717, 1.165) is 24.5 Å². The van der Waals surface area contributed by atoms with Crippen molar-refractivity contribution in [3.8, 4) is 0 Å². The lowest BCUT2D eigenvalue weighted by atomic mass is 9.92. The molecule has 1 heterocycles. The molecule has 0 bridgehead atoms. The summed E-state index contributed by atoms with van der Waals surface area (Å²) in [6, 6.07) is 2.38. The molecule has 1 N–H and O–H groups in total. The smallest absolute Gasteiger partial charge is 0.129 e. The van der Waals surface area contributed by atoms with E-state index in [1.807, 2.05) is 13.0 Å². The summed E-state index contributed by atoms with van der Waals surface area (Å²) in [5.41, 5.74) is 0. The number of anilines is 1. The Kier molecular flexibility index (Phi) is 2.36. The lowest BCUT2D eigenvalue weighted by molar-refractivity contribution is 0.453. The van der Waals surface area contributed by atoms with Crippen LogP contribution in [0.3, 0.4) is 0 Å². The maximum absolute atomic E-state index is 5.87. The third-order valence-corrected chi connectivity index (χ3v) is 2.56. The van der Waals surface area contributed by atoms with Gasteiger partial charge < -0.3 is 5.32 Å². The quantitative estimate of drug-likeness (QED) is 0.737. The lowest BCUT2D eigenvalue weighted by Crippen LogP contribution is -2.36. The predicted octanol–water partition coefficient (Wildman–Crippen LogP) is 1.97. The molecular weight excluding hydrogens is 186 g/mol. The van der Waals surface area contributed by atoms with Crippen molar-refractivity contribution in [2.24, 2.45) is 0 Å². The van der Waals surface area contributed by atoms with Gasteiger partial charge in [-0.2, -0.15) is 0 Å². The molecule has 0 radical (unpaired) electrons.